The van der Waals surface area contributed by atoms with Crippen LogP contribution in [-0.4, -0.2) is 31.0 Å². The molecular formula is C17H18N6. The van der Waals surface area contributed by atoms with E-state index in [2.05, 4.69) is 32.0 Å². The molecule has 1 aliphatic rings. The van der Waals surface area contributed by atoms with E-state index >= 15 is 0 Å². The van der Waals surface area contributed by atoms with Gasteiger partial charge in [-0.15, -0.1) is 0 Å². The van der Waals surface area contributed by atoms with Crippen LogP contribution in [-0.2, 0) is 0 Å². The van der Waals surface area contributed by atoms with Crippen LogP contribution in [0.4, 0.5) is 5.82 Å². The Labute approximate surface area is 134 Å². The van der Waals surface area contributed by atoms with Crippen molar-refractivity contribution in [1.82, 2.24) is 24.5 Å². The summed E-state index contributed by atoms with van der Waals surface area (Å²) in [6.45, 7) is 2.99. The highest BCUT2D eigenvalue weighted by molar-refractivity contribution is 5.43. The number of rotatable bonds is 3. The summed E-state index contributed by atoms with van der Waals surface area (Å²) in [7, 11) is 0. The summed E-state index contributed by atoms with van der Waals surface area (Å²) in [5.74, 6) is 1.88. The molecule has 4 heterocycles. The lowest BCUT2D eigenvalue weighted by atomic mass is 10.1. The SMILES string of the molecule is Cc1cc(N2CCC[C@@H]2c2cccc(-n3ccnc3)n2)ncn1. The summed E-state index contributed by atoms with van der Waals surface area (Å²) >= 11 is 0. The van der Waals surface area contributed by atoms with E-state index in [1.165, 1.54) is 0 Å². The van der Waals surface area contributed by atoms with Crippen LogP contribution in [0.1, 0.15) is 30.3 Å². The van der Waals surface area contributed by atoms with Crippen LogP contribution >= 0.6 is 0 Å². The van der Waals surface area contributed by atoms with E-state index in [4.69, 9.17) is 4.98 Å². The summed E-state index contributed by atoms with van der Waals surface area (Å²) < 4.78 is 1.93. The second kappa shape index (κ2) is 5.79. The lowest BCUT2D eigenvalue weighted by molar-refractivity contribution is 0.683. The number of hydrogen-bond donors (Lipinski definition) is 0. The average molecular weight is 306 g/mol. The van der Waals surface area contributed by atoms with Crippen molar-refractivity contribution in [2.75, 3.05) is 11.4 Å². The fourth-order valence-electron chi connectivity index (χ4n) is 3.11. The van der Waals surface area contributed by atoms with E-state index in [0.717, 1.165) is 42.4 Å². The molecule has 6 nitrogen and oxygen atoms in total. The first-order valence-corrected chi connectivity index (χ1v) is 7.82. The van der Waals surface area contributed by atoms with Gasteiger partial charge >= 0.3 is 0 Å². The predicted molar refractivity (Wildman–Crippen MR) is 87.4 cm³/mol. The van der Waals surface area contributed by atoms with Gasteiger partial charge in [-0.1, -0.05) is 6.07 Å². The zero-order valence-electron chi connectivity index (χ0n) is 13.0. The van der Waals surface area contributed by atoms with Crippen LogP contribution < -0.4 is 4.90 Å². The van der Waals surface area contributed by atoms with Crippen molar-refractivity contribution < 1.29 is 0 Å². The minimum Gasteiger partial charge on any atom is -0.348 e. The monoisotopic (exact) mass is 306 g/mol. The smallest absolute Gasteiger partial charge is 0.138 e. The molecule has 1 atom stereocenters. The molecule has 3 aromatic heterocycles. The topological polar surface area (TPSA) is 59.7 Å². The van der Waals surface area contributed by atoms with Crippen LogP contribution in [0.5, 0.6) is 0 Å². The molecule has 23 heavy (non-hydrogen) atoms. The third kappa shape index (κ3) is 2.67. The van der Waals surface area contributed by atoms with Gasteiger partial charge in [0.25, 0.3) is 0 Å². The van der Waals surface area contributed by atoms with Crippen LogP contribution in [0.2, 0.25) is 0 Å². The molecule has 0 unspecified atom stereocenters. The van der Waals surface area contributed by atoms with Crippen molar-refractivity contribution in [3.05, 3.63) is 60.7 Å². The highest BCUT2D eigenvalue weighted by atomic mass is 15.2. The molecule has 0 aliphatic carbocycles. The molecule has 116 valence electrons. The largest absolute Gasteiger partial charge is 0.348 e. The minimum absolute atomic E-state index is 0.257. The molecule has 1 aliphatic heterocycles. The van der Waals surface area contributed by atoms with Crippen molar-refractivity contribution in [3.63, 3.8) is 0 Å². The van der Waals surface area contributed by atoms with E-state index < -0.39 is 0 Å². The summed E-state index contributed by atoms with van der Waals surface area (Å²) in [5, 5.41) is 0. The third-order valence-corrected chi connectivity index (χ3v) is 4.20. The van der Waals surface area contributed by atoms with Crippen molar-refractivity contribution >= 4 is 5.82 Å². The first-order chi connectivity index (χ1) is 11.3. The van der Waals surface area contributed by atoms with Crippen molar-refractivity contribution in [3.8, 4) is 5.82 Å². The average Bonchev–Trinajstić information content (AvgIpc) is 3.27. The second-order valence-electron chi connectivity index (χ2n) is 5.76. The summed E-state index contributed by atoms with van der Waals surface area (Å²) in [4.78, 5) is 19.9. The molecule has 4 rings (SSSR count). The molecule has 1 saturated heterocycles. The predicted octanol–water partition coefficient (Wildman–Crippen LogP) is 2.71. The molecule has 0 bridgehead atoms. The number of pyridine rings is 1. The maximum absolute atomic E-state index is 4.83. The molecule has 0 N–H and O–H groups in total. The fourth-order valence-corrected chi connectivity index (χ4v) is 3.11. The maximum Gasteiger partial charge on any atom is 0.138 e. The molecule has 0 saturated carbocycles. The zero-order chi connectivity index (χ0) is 15.6. The molecule has 0 aromatic carbocycles. The standard InChI is InChI=1S/C17H18N6/c1-13-10-17(20-11-19-13)23-8-3-5-15(23)14-4-2-6-16(21-14)22-9-7-18-12-22/h2,4,6-7,9-12,15H,3,5,8H2,1H3/t15-/m1/s1. The van der Waals surface area contributed by atoms with Crippen LogP contribution in [0, 0.1) is 6.92 Å². The zero-order valence-corrected chi connectivity index (χ0v) is 13.0. The number of imidazole rings is 1. The number of aromatic nitrogens is 5. The van der Waals surface area contributed by atoms with Gasteiger partial charge in [0, 0.05) is 30.7 Å². The van der Waals surface area contributed by atoms with E-state index in [0.29, 0.717) is 0 Å². The summed E-state index contributed by atoms with van der Waals surface area (Å²) in [5.41, 5.74) is 2.06. The van der Waals surface area contributed by atoms with Gasteiger partial charge < -0.3 is 4.90 Å². The van der Waals surface area contributed by atoms with Crippen LogP contribution in [0.15, 0.2) is 49.3 Å². The van der Waals surface area contributed by atoms with E-state index in [-0.39, 0.29) is 6.04 Å². The van der Waals surface area contributed by atoms with Crippen LogP contribution in [0.3, 0.4) is 0 Å². The van der Waals surface area contributed by atoms with Crippen molar-refractivity contribution in [1.29, 1.82) is 0 Å². The van der Waals surface area contributed by atoms with Gasteiger partial charge in [-0.05, 0) is 31.9 Å². The van der Waals surface area contributed by atoms with Crippen molar-refractivity contribution in [2.24, 2.45) is 0 Å². The fraction of sp³-hybridized carbons (Fsp3) is 0.294. The molecule has 6 heteroatoms. The molecular weight excluding hydrogens is 288 g/mol. The van der Waals surface area contributed by atoms with E-state index in [1.54, 1.807) is 18.9 Å². The number of hydrogen-bond acceptors (Lipinski definition) is 5. The number of anilines is 1. The normalized spacial score (nSPS) is 17.6. The molecule has 3 aromatic rings. The maximum atomic E-state index is 4.83. The van der Waals surface area contributed by atoms with Gasteiger partial charge in [-0.3, -0.25) is 4.57 Å². The summed E-state index contributed by atoms with van der Waals surface area (Å²) in [6, 6.07) is 8.45. The molecule has 0 spiro atoms. The molecule has 0 amide bonds. The van der Waals surface area contributed by atoms with Gasteiger partial charge in [-0.25, -0.2) is 19.9 Å². The van der Waals surface area contributed by atoms with E-state index in [1.807, 2.05) is 29.8 Å². The Bertz CT molecular complexity index is 798. The summed E-state index contributed by atoms with van der Waals surface area (Å²) in [6.07, 6.45) is 9.31. The van der Waals surface area contributed by atoms with Gasteiger partial charge in [0.05, 0.1) is 11.7 Å². The Morgan fingerprint density at radius 3 is 2.96 bits per heavy atom. The highest BCUT2D eigenvalue weighted by Gasteiger charge is 2.28. The Morgan fingerprint density at radius 2 is 2.13 bits per heavy atom. The number of aryl methyl sites for hydroxylation is 1. The van der Waals surface area contributed by atoms with E-state index in [9.17, 15) is 0 Å². The van der Waals surface area contributed by atoms with Gasteiger partial charge in [0.1, 0.15) is 24.3 Å². The Kier molecular flexibility index (Phi) is 3.49. The Hall–Kier alpha value is -2.76. The Balaban J connectivity index is 1.68. The minimum atomic E-state index is 0.257. The highest BCUT2D eigenvalue weighted by Crippen LogP contribution is 2.34. The van der Waals surface area contributed by atoms with Gasteiger partial charge in [0.15, 0.2) is 0 Å². The quantitative estimate of drug-likeness (QED) is 0.744. The molecule has 1 fully saturated rings. The lowest BCUT2D eigenvalue weighted by Gasteiger charge is -2.25. The molecule has 0 radical (unpaired) electrons. The van der Waals surface area contributed by atoms with Gasteiger partial charge in [-0.2, -0.15) is 0 Å². The first-order valence-electron chi connectivity index (χ1n) is 7.82. The first kappa shape index (κ1) is 13.9. The van der Waals surface area contributed by atoms with Crippen molar-refractivity contribution in [2.45, 2.75) is 25.8 Å². The lowest BCUT2D eigenvalue weighted by Crippen LogP contribution is -2.24. The number of nitrogens with zero attached hydrogens (tertiary/aromatic N) is 6. The van der Waals surface area contributed by atoms with Crippen LogP contribution in [0.25, 0.3) is 5.82 Å². The second-order valence-corrected chi connectivity index (χ2v) is 5.76. The Morgan fingerprint density at radius 1 is 1.17 bits per heavy atom. The third-order valence-electron chi connectivity index (χ3n) is 4.20. The van der Waals surface area contributed by atoms with Gasteiger partial charge in [0.2, 0.25) is 0 Å².